The van der Waals surface area contributed by atoms with Crippen LogP contribution in [0.2, 0.25) is 0 Å². The summed E-state index contributed by atoms with van der Waals surface area (Å²) in [6.07, 6.45) is 5.74. The van der Waals surface area contributed by atoms with E-state index in [9.17, 15) is 5.11 Å². The Labute approximate surface area is 62.6 Å². The van der Waals surface area contributed by atoms with Crippen LogP contribution in [0.5, 0.6) is 0 Å². The molecule has 0 aliphatic carbocycles. The minimum absolute atomic E-state index is 0.592. The maximum atomic E-state index is 9.20. The van der Waals surface area contributed by atoms with Crippen LogP contribution >= 0.6 is 0 Å². The molecule has 0 unspecified atom stereocenters. The Morgan fingerprint density at radius 3 is 2.60 bits per heavy atom. The summed E-state index contributed by atoms with van der Waals surface area (Å²) in [7, 11) is 0. The largest absolute Gasteiger partial charge is 0.389 e. The Balaban J connectivity index is 3.14. The number of nitrogens with one attached hydrogen (secondary N) is 1. The molecule has 2 nitrogen and oxygen atoms in total. The van der Waals surface area contributed by atoms with Crippen molar-refractivity contribution in [1.82, 2.24) is 5.32 Å². The summed E-state index contributed by atoms with van der Waals surface area (Å²) in [6.45, 7) is 4.89. The van der Waals surface area contributed by atoms with Crippen molar-refractivity contribution in [2.75, 3.05) is 13.1 Å². The molecule has 0 fully saturated rings. The van der Waals surface area contributed by atoms with Crippen LogP contribution < -0.4 is 5.32 Å². The molecule has 0 saturated heterocycles. The Kier molecular flexibility index (Phi) is 4.10. The molecule has 0 aromatic carbocycles. The molecule has 2 heteroatoms. The lowest BCUT2D eigenvalue weighted by atomic mass is 10.1. The molecule has 0 aromatic heterocycles. The lowest BCUT2D eigenvalue weighted by molar-refractivity contribution is 0.0802. The average molecular weight is 141 g/mol. The number of hydrogen-bond donors (Lipinski definition) is 2. The zero-order chi connectivity index (χ0) is 8.04. The maximum absolute atomic E-state index is 9.20. The van der Waals surface area contributed by atoms with Gasteiger partial charge < -0.3 is 10.4 Å². The summed E-state index contributed by atoms with van der Waals surface area (Å²) in [6, 6.07) is 0. The van der Waals surface area contributed by atoms with Crippen LogP contribution in [0.1, 0.15) is 20.3 Å². The number of terminal acetylenes is 1. The fraction of sp³-hybridized carbons (Fsp3) is 0.750. The van der Waals surface area contributed by atoms with Crippen LogP contribution in [0.25, 0.3) is 0 Å². The monoisotopic (exact) mass is 141 g/mol. The van der Waals surface area contributed by atoms with Crippen molar-refractivity contribution in [3.8, 4) is 12.3 Å². The van der Waals surface area contributed by atoms with E-state index in [0.717, 1.165) is 13.0 Å². The molecule has 0 aliphatic heterocycles. The number of hydrogen-bond acceptors (Lipinski definition) is 2. The first kappa shape index (κ1) is 9.48. The van der Waals surface area contributed by atoms with Crippen LogP contribution in [0.4, 0.5) is 0 Å². The molecular weight excluding hydrogens is 126 g/mol. The van der Waals surface area contributed by atoms with E-state index in [0.29, 0.717) is 6.54 Å². The van der Waals surface area contributed by atoms with Crippen LogP contribution in [0.3, 0.4) is 0 Å². The Bertz CT molecular complexity index is 118. The first-order chi connectivity index (χ1) is 4.56. The highest BCUT2D eigenvalue weighted by atomic mass is 16.3. The summed E-state index contributed by atoms with van der Waals surface area (Å²) in [5, 5.41) is 12.2. The zero-order valence-corrected chi connectivity index (χ0v) is 6.65. The van der Waals surface area contributed by atoms with Crippen LogP contribution in [0.15, 0.2) is 0 Å². The molecular formula is C8H15NO. The molecule has 0 heterocycles. The highest BCUT2D eigenvalue weighted by Gasteiger charge is 2.09. The van der Waals surface area contributed by atoms with Crippen LogP contribution in [0, 0.1) is 12.3 Å². The van der Waals surface area contributed by atoms with Gasteiger partial charge in [0.1, 0.15) is 0 Å². The van der Waals surface area contributed by atoms with Crippen molar-refractivity contribution >= 4 is 0 Å². The van der Waals surface area contributed by atoms with Gasteiger partial charge in [0.2, 0.25) is 0 Å². The van der Waals surface area contributed by atoms with Crippen LogP contribution in [-0.4, -0.2) is 23.8 Å². The molecule has 0 bridgehead atoms. The van der Waals surface area contributed by atoms with Gasteiger partial charge in [0.15, 0.2) is 0 Å². The molecule has 10 heavy (non-hydrogen) atoms. The zero-order valence-electron chi connectivity index (χ0n) is 6.65. The molecule has 0 spiro atoms. The molecule has 0 amide bonds. The average Bonchev–Trinajstić information content (AvgIpc) is 1.78. The fourth-order valence-corrected chi connectivity index (χ4v) is 0.555. The standard InChI is InChI=1S/C8H15NO/c1-4-5-6-9-7-8(2,3)10/h1,9-10H,5-7H2,2-3H3. The second-order valence-electron chi connectivity index (χ2n) is 2.94. The number of rotatable bonds is 4. The first-order valence-corrected chi connectivity index (χ1v) is 3.43. The van der Waals surface area contributed by atoms with Crippen molar-refractivity contribution < 1.29 is 5.11 Å². The number of aliphatic hydroxyl groups is 1. The van der Waals surface area contributed by atoms with Gasteiger partial charge >= 0.3 is 0 Å². The summed E-state index contributed by atoms with van der Waals surface area (Å²) in [4.78, 5) is 0. The minimum atomic E-state index is -0.630. The van der Waals surface area contributed by atoms with Gasteiger partial charge in [-0.3, -0.25) is 0 Å². The van der Waals surface area contributed by atoms with E-state index in [1.54, 1.807) is 13.8 Å². The van der Waals surface area contributed by atoms with Crippen LogP contribution in [-0.2, 0) is 0 Å². The SMILES string of the molecule is C#CCCNCC(C)(C)O. The molecule has 0 saturated carbocycles. The molecule has 0 aliphatic rings. The molecule has 0 aromatic rings. The predicted molar refractivity (Wildman–Crippen MR) is 42.6 cm³/mol. The van der Waals surface area contributed by atoms with Gasteiger partial charge in [-0.15, -0.1) is 12.3 Å². The topological polar surface area (TPSA) is 32.3 Å². The quantitative estimate of drug-likeness (QED) is 0.438. The second kappa shape index (κ2) is 4.32. The minimum Gasteiger partial charge on any atom is -0.389 e. The van der Waals surface area contributed by atoms with E-state index in [1.807, 2.05) is 0 Å². The molecule has 0 atom stereocenters. The highest BCUT2D eigenvalue weighted by molar-refractivity contribution is 4.84. The molecule has 58 valence electrons. The third kappa shape index (κ3) is 7.48. The summed E-state index contributed by atoms with van der Waals surface area (Å²) in [5.74, 6) is 2.51. The van der Waals surface area contributed by atoms with Crippen molar-refractivity contribution in [1.29, 1.82) is 0 Å². The van der Waals surface area contributed by atoms with E-state index < -0.39 is 5.60 Å². The normalized spacial score (nSPS) is 11.0. The summed E-state index contributed by atoms with van der Waals surface area (Å²) in [5.41, 5.74) is -0.630. The van der Waals surface area contributed by atoms with E-state index in [-0.39, 0.29) is 0 Å². The van der Waals surface area contributed by atoms with Gasteiger partial charge in [-0.2, -0.15) is 0 Å². The predicted octanol–water partition coefficient (Wildman–Crippen LogP) is 0.370. The third-order valence-corrected chi connectivity index (χ3v) is 1.00. The van der Waals surface area contributed by atoms with Gasteiger partial charge in [-0.05, 0) is 13.8 Å². The third-order valence-electron chi connectivity index (χ3n) is 1.00. The van der Waals surface area contributed by atoms with Crippen molar-refractivity contribution in [3.63, 3.8) is 0 Å². The smallest absolute Gasteiger partial charge is 0.0715 e. The van der Waals surface area contributed by atoms with Gasteiger partial charge in [0.05, 0.1) is 5.60 Å². The Hall–Kier alpha value is -0.520. The first-order valence-electron chi connectivity index (χ1n) is 3.43. The van der Waals surface area contributed by atoms with E-state index in [1.165, 1.54) is 0 Å². The fourth-order valence-electron chi connectivity index (χ4n) is 0.555. The van der Waals surface area contributed by atoms with Gasteiger partial charge in [0.25, 0.3) is 0 Å². The van der Waals surface area contributed by atoms with Crippen molar-refractivity contribution in [3.05, 3.63) is 0 Å². The highest BCUT2D eigenvalue weighted by Crippen LogP contribution is 1.96. The molecule has 0 radical (unpaired) electrons. The summed E-state index contributed by atoms with van der Waals surface area (Å²) < 4.78 is 0. The van der Waals surface area contributed by atoms with Crippen molar-refractivity contribution in [2.45, 2.75) is 25.9 Å². The lowest BCUT2D eigenvalue weighted by Crippen LogP contribution is -2.35. The van der Waals surface area contributed by atoms with Gasteiger partial charge in [-0.1, -0.05) is 0 Å². The van der Waals surface area contributed by atoms with Crippen molar-refractivity contribution in [2.24, 2.45) is 0 Å². The van der Waals surface area contributed by atoms with E-state index >= 15 is 0 Å². The van der Waals surface area contributed by atoms with E-state index in [4.69, 9.17) is 6.42 Å². The van der Waals surface area contributed by atoms with Gasteiger partial charge in [0, 0.05) is 19.5 Å². The molecule has 0 rings (SSSR count). The maximum Gasteiger partial charge on any atom is 0.0715 e. The van der Waals surface area contributed by atoms with E-state index in [2.05, 4.69) is 11.2 Å². The lowest BCUT2D eigenvalue weighted by Gasteiger charge is -2.16. The van der Waals surface area contributed by atoms with Gasteiger partial charge in [-0.25, -0.2) is 0 Å². The Morgan fingerprint density at radius 1 is 1.60 bits per heavy atom. The Morgan fingerprint density at radius 2 is 2.20 bits per heavy atom. The second-order valence-corrected chi connectivity index (χ2v) is 2.94. The summed E-state index contributed by atoms with van der Waals surface area (Å²) >= 11 is 0. The molecule has 2 N–H and O–H groups in total.